The van der Waals surface area contributed by atoms with Crippen molar-refractivity contribution in [3.8, 4) is 11.5 Å². The minimum Gasteiger partial charge on any atom is -0.486 e. The van der Waals surface area contributed by atoms with E-state index in [1.165, 1.54) is 38.4 Å². The van der Waals surface area contributed by atoms with Crippen molar-refractivity contribution in [3.63, 3.8) is 0 Å². The summed E-state index contributed by atoms with van der Waals surface area (Å²) in [4.78, 5) is 17.5. The van der Waals surface area contributed by atoms with E-state index in [2.05, 4.69) is 5.32 Å². The molecule has 1 aliphatic heterocycles. The van der Waals surface area contributed by atoms with Crippen LogP contribution in [-0.4, -0.2) is 46.2 Å². The van der Waals surface area contributed by atoms with E-state index >= 15 is 0 Å². The smallest absolute Gasteiger partial charge is 0.264 e. The Balaban J connectivity index is 1.77. The van der Waals surface area contributed by atoms with Crippen LogP contribution in [0.1, 0.15) is 29.8 Å². The topological polar surface area (TPSA) is 94.2 Å². The SMILES string of the molecule is CON(C)S(=O)(=O)c1ccc(C(=O)NC(C)(C)c2ccc3c(c2)OCCO3)cc1. The van der Waals surface area contributed by atoms with Gasteiger partial charge in [-0.3, -0.25) is 9.63 Å². The fraction of sp³-hybridized carbons (Fsp3) is 0.350. The Morgan fingerprint density at radius 2 is 1.69 bits per heavy atom. The molecule has 0 saturated carbocycles. The van der Waals surface area contributed by atoms with Crippen LogP contribution in [0.3, 0.4) is 0 Å². The molecule has 0 fully saturated rings. The molecule has 1 heterocycles. The van der Waals surface area contributed by atoms with Crippen molar-refractivity contribution in [2.75, 3.05) is 27.4 Å². The molecular weight excluding hydrogens is 396 g/mol. The number of benzene rings is 2. The minimum atomic E-state index is -3.76. The number of carbonyl (C=O) groups excluding carboxylic acids is 1. The summed E-state index contributed by atoms with van der Waals surface area (Å²) < 4.78 is 36.4. The van der Waals surface area contributed by atoms with Gasteiger partial charge >= 0.3 is 0 Å². The van der Waals surface area contributed by atoms with Gasteiger partial charge in [-0.15, -0.1) is 0 Å². The van der Waals surface area contributed by atoms with Gasteiger partial charge in [0.15, 0.2) is 11.5 Å². The highest BCUT2D eigenvalue weighted by Crippen LogP contribution is 2.34. The maximum Gasteiger partial charge on any atom is 0.264 e. The van der Waals surface area contributed by atoms with Crippen molar-refractivity contribution in [3.05, 3.63) is 53.6 Å². The number of sulfonamides is 1. The Labute approximate surface area is 170 Å². The van der Waals surface area contributed by atoms with Crippen molar-refractivity contribution >= 4 is 15.9 Å². The molecule has 0 aromatic heterocycles. The van der Waals surface area contributed by atoms with Gasteiger partial charge in [-0.25, -0.2) is 8.42 Å². The Morgan fingerprint density at radius 3 is 2.31 bits per heavy atom. The van der Waals surface area contributed by atoms with Gasteiger partial charge in [0.05, 0.1) is 17.5 Å². The molecule has 29 heavy (non-hydrogen) atoms. The van der Waals surface area contributed by atoms with Crippen LogP contribution in [0.4, 0.5) is 0 Å². The summed E-state index contributed by atoms with van der Waals surface area (Å²) in [5, 5.41) is 2.97. The first-order chi connectivity index (χ1) is 13.6. The highest BCUT2D eigenvalue weighted by Gasteiger charge is 2.26. The third-order valence-electron chi connectivity index (χ3n) is 4.70. The van der Waals surface area contributed by atoms with Gasteiger partial charge in [-0.05, 0) is 55.8 Å². The number of fused-ring (bicyclic) bond motifs is 1. The second-order valence-electron chi connectivity index (χ2n) is 7.06. The molecule has 0 atom stereocenters. The Morgan fingerprint density at radius 1 is 1.07 bits per heavy atom. The largest absolute Gasteiger partial charge is 0.486 e. The van der Waals surface area contributed by atoms with E-state index in [1.807, 2.05) is 32.0 Å². The molecule has 1 N–H and O–H groups in total. The zero-order valence-electron chi connectivity index (χ0n) is 16.8. The average Bonchev–Trinajstić information content (AvgIpc) is 2.72. The van der Waals surface area contributed by atoms with E-state index < -0.39 is 15.6 Å². The zero-order chi connectivity index (χ0) is 21.2. The molecule has 0 aliphatic carbocycles. The molecule has 0 radical (unpaired) electrons. The van der Waals surface area contributed by atoms with Crippen LogP contribution < -0.4 is 14.8 Å². The van der Waals surface area contributed by atoms with Gasteiger partial charge in [0.25, 0.3) is 15.9 Å². The number of nitrogens with one attached hydrogen (secondary N) is 1. The lowest BCUT2D eigenvalue weighted by Crippen LogP contribution is -2.41. The summed E-state index contributed by atoms with van der Waals surface area (Å²) in [5.74, 6) is 1.00. The van der Waals surface area contributed by atoms with Crippen LogP contribution in [0.2, 0.25) is 0 Å². The molecule has 1 aliphatic rings. The quantitative estimate of drug-likeness (QED) is 0.721. The van der Waals surface area contributed by atoms with Gasteiger partial charge in [-0.2, -0.15) is 0 Å². The summed E-state index contributed by atoms with van der Waals surface area (Å²) in [6.45, 7) is 4.75. The number of hydrogen-bond acceptors (Lipinski definition) is 6. The van der Waals surface area contributed by atoms with Crippen molar-refractivity contribution in [2.24, 2.45) is 0 Å². The lowest BCUT2D eigenvalue weighted by atomic mass is 9.93. The van der Waals surface area contributed by atoms with E-state index in [-0.39, 0.29) is 10.8 Å². The van der Waals surface area contributed by atoms with Gasteiger partial charge in [0.1, 0.15) is 13.2 Å². The summed E-state index contributed by atoms with van der Waals surface area (Å²) in [6, 6.07) is 11.2. The first-order valence-corrected chi connectivity index (χ1v) is 10.4. The van der Waals surface area contributed by atoms with Crippen LogP contribution in [0, 0.1) is 0 Å². The molecule has 156 valence electrons. The standard InChI is InChI=1S/C20H24N2O6S/c1-20(2,15-7-10-17-18(13-15)28-12-11-27-17)21-19(23)14-5-8-16(9-6-14)29(24,25)22(3)26-4/h5-10,13H,11-12H2,1-4H3,(H,21,23). The number of hydrogen-bond donors (Lipinski definition) is 1. The predicted octanol–water partition coefficient (Wildman–Crippen LogP) is 2.30. The van der Waals surface area contributed by atoms with E-state index in [0.29, 0.717) is 30.3 Å². The van der Waals surface area contributed by atoms with Gasteiger partial charge in [0.2, 0.25) is 0 Å². The van der Waals surface area contributed by atoms with E-state index in [9.17, 15) is 13.2 Å². The number of ether oxygens (including phenoxy) is 2. The van der Waals surface area contributed by atoms with Crippen LogP contribution in [0.25, 0.3) is 0 Å². The lowest BCUT2D eigenvalue weighted by Gasteiger charge is -2.29. The van der Waals surface area contributed by atoms with E-state index in [4.69, 9.17) is 14.3 Å². The molecule has 3 rings (SSSR count). The first-order valence-electron chi connectivity index (χ1n) is 9.01. The molecule has 0 unspecified atom stereocenters. The number of carbonyl (C=O) groups is 1. The first kappa shape index (κ1) is 21.1. The molecule has 0 saturated heterocycles. The second-order valence-corrected chi connectivity index (χ2v) is 9.00. The summed E-state index contributed by atoms with van der Waals surface area (Å²) in [5.41, 5.74) is 0.513. The van der Waals surface area contributed by atoms with Gasteiger partial charge < -0.3 is 14.8 Å². The molecule has 8 nitrogen and oxygen atoms in total. The Kier molecular flexibility index (Phi) is 5.83. The minimum absolute atomic E-state index is 0.0319. The summed E-state index contributed by atoms with van der Waals surface area (Å²) >= 11 is 0. The van der Waals surface area contributed by atoms with Crippen LogP contribution >= 0.6 is 0 Å². The lowest BCUT2D eigenvalue weighted by molar-refractivity contribution is -0.0258. The van der Waals surface area contributed by atoms with Crippen LogP contribution in [0.5, 0.6) is 11.5 Å². The summed E-state index contributed by atoms with van der Waals surface area (Å²) in [7, 11) is -1.20. The molecule has 2 aromatic carbocycles. The maximum absolute atomic E-state index is 12.7. The van der Waals surface area contributed by atoms with Gasteiger partial charge in [-0.1, -0.05) is 10.5 Å². The van der Waals surface area contributed by atoms with E-state index in [1.54, 1.807) is 0 Å². The second kappa shape index (κ2) is 8.02. The fourth-order valence-electron chi connectivity index (χ4n) is 2.89. The van der Waals surface area contributed by atoms with Gasteiger partial charge in [0, 0.05) is 12.6 Å². The maximum atomic E-state index is 12.7. The third-order valence-corrected chi connectivity index (χ3v) is 6.39. The Bertz CT molecular complexity index is 1000. The molecular formula is C20H24N2O6S. The normalized spacial score (nSPS) is 14.0. The van der Waals surface area contributed by atoms with Crippen LogP contribution in [0.15, 0.2) is 47.4 Å². The molecule has 2 aromatic rings. The highest BCUT2D eigenvalue weighted by molar-refractivity contribution is 7.89. The van der Waals surface area contributed by atoms with Crippen molar-refractivity contribution in [1.29, 1.82) is 0 Å². The monoisotopic (exact) mass is 420 g/mol. The Hall–Kier alpha value is -2.62. The highest BCUT2D eigenvalue weighted by atomic mass is 32.2. The van der Waals surface area contributed by atoms with Crippen molar-refractivity contribution in [2.45, 2.75) is 24.3 Å². The molecule has 1 amide bonds. The molecule has 0 spiro atoms. The zero-order valence-corrected chi connectivity index (χ0v) is 17.6. The fourth-order valence-corrected chi connectivity index (χ4v) is 3.86. The average molecular weight is 420 g/mol. The number of hydroxylamine groups is 1. The predicted molar refractivity (Wildman–Crippen MR) is 106 cm³/mol. The van der Waals surface area contributed by atoms with Crippen molar-refractivity contribution < 1.29 is 27.5 Å². The van der Waals surface area contributed by atoms with Crippen LogP contribution in [-0.2, 0) is 20.4 Å². The third kappa shape index (κ3) is 4.36. The molecule has 9 heteroatoms. The summed E-state index contributed by atoms with van der Waals surface area (Å²) in [6.07, 6.45) is 0. The van der Waals surface area contributed by atoms with E-state index in [0.717, 1.165) is 10.0 Å². The molecule has 0 bridgehead atoms. The number of amides is 1. The van der Waals surface area contributed by atoms with Crippen molar-refractivity contribution in [1.82, 2.24) is 9.79 Å². The number of nitrogens with zero attached hydrogens (tertiary/aromatic N) is 1. The number of rotatable bonds is 6.